The van der Waals surface area contributed by atoms with Crippen LogP contribution in [0.15, 0.2) is 6.07 Å². The molecule has 2 unspecified atom stereocenters. The maximum atomic E-state index is 12.5. The molecule has 0 N–H and O–H groups in total. The van der Waals surface area contributed by atoms with E-state index in [-0.39, 0.29) is 11.9 Å². The summed E-state index contributed by atoms with van der Waals surface area (Å²) < 4.78 is 7.58. The average molecular weight is 278 g/mol. The predicted molar refractivity (Wildman–Crippen MR) is 80.2 cm³/mol. The van der Waals surface area contributed by atoms with E-state index in [9.17, 15) is 4.79 Å². The van der Waals surface area contributed by atoms with Crippen molar-refractivity contribution in [3.05, 3.63) is 23.0 Å². The zero-order valence-electron chi connectivity index (χ0n) is 13.3. The second kappa shape index (κ2) is 6.10. The Kier molecular flexibility index (Phi) is 4.66. The van der Waals surface area contributed by atoms with Crippen molar-refractivity contribution in [2.45, 2.75) is 33.3 Å². The van der Waals surface area contributed by atoms with Gasteiger partial charge in [-0.3, -0.25) is 9.69 Å². The number of aromatic nitrogens is 1. The molecule has 0 radical (unpaired) electrons. The Labute approximate surface area is 121 Å². The predicted octanol–water partition coefficient (Wildman–Crippen LogP) is 2.18. The van der Waals surface area contributed by atoms with Crippen LogP contribution in [-0.2, 0) is 11.8 Å². The van der Waals surface area contributed by atoms with Crippen LogP contribution >= 0.6 is 0 Å². The summed E-state index contributed by atoms with van der Waals surface area (Å²) in [5.74, 6) is 0.794. The van der Waals surface area contributed by atoms with Crippen LogP contribution in [0.1, 0.15) is 35.1 Å². The van der Waals surface area contributed by atoms with Gasteiger partial charge in [0.1, 0.15) is 0 Å². The number of Topliss-reactive ketones (excluding diaryl/α,β-unsaturated/α-hetero) is 1. The van der Waals surface area contributed by atoms with Crippen LogP contribution in [0.3, 0.4) is 0 Å². The molecular formula is C16H26N2O2. The number of hydrogen-bond acceptors (Lipinski definition) is 3. The van der Waals surface area contributed by atoms with E-state index < -0.39 is 0 Å². The Balaban J connectivity index is 2.03. The maximum absolute atomic E-state index is 12.5. The van der Waals surface area contributed by atoms with E-state index in [0.717, 1.165) is 36.5 Å². The van der Waals surface area contributed by atoms with Crippen molar-refractivity contribution in [1.82, 2.24) is 9.47 Å². The lowest BCUT2D eigenvalue weighted by Gasteiger charge is -2.35. The third-order valence-electron chi connectivity index (χ3n) is 4.72. The highest BCUT2D eigenvalue weighted by atomic mass is 16.5. The first kappa shape index (κ1) is 15.3. The number of aryl methyl sites for hydroxylation is 1. The molecule has 0 aromatic carbocycles. The summed E-state index contributed by atoms with van der Waals surface area (Å²) in [6, 6.07) is 2.00. The molecule has 0 spiro atoms. The summed E-state index contributed by atoms with van der Waals surface area (Å²) in [7, 11) is 3.77. The monoisotopic (exact) mass is 278 g/mol. The van der Waals surface area contributed by atoms with Crippen LogP contribution in [0.4, 0.5) is 0 Å². The fraction of sp³-hybridized carbons (Fsp3) is 0.688. The molecule has 2 heterocycles. The van der Waals surface area contributed by atoms with Crippen LogP contribution in [0.25, 0.3) is 0 Å². The molecule has 0 saturated carbocycles. The molecule has 1 fully saturated rings. The molecule has 0 amide bonds. The van der Waals surface area contributed by atoms with Crippen LogP contribution in [0, 0.1) is 19.8 Å². The standard InChI is InChI=1S/C16H26N2O2/c1-11-6-7-18(10-16(11)20-5)9-15(19)14-8-12(2)17(4)13(14)3/h8,11,16H,6-7,9-10H2,1-5H3. The van der Waals surface area contributed by atoms with Crippen LogP contribution in [0.5, 0.6) is 0 Å². The van der Waals surface area contributed by atoms with Gasteiger partial charge in [0.05, 0.1) is 12.6 Å². The molecule has 1 aliphatic rings. The van der Waals surface area contributed by atoms with Gasteiger partial charge < -0.3 is 9.30 Å². The third kappa shape index (κ3) is 2.96. The molecule has 2 rings (SSSR count). The van der Waals surface area contributed by atoms with Gasteiger partial charge in [0, 0.05) is 37.7 Å². The Morgan fingerprint density at radius 1 is 1.45 bits per heavy atom. The van der Waals surface area contributed by atoms with Gasteiger partial charge in [-0.2, -0.15) is 0 Å². The minimum Gasteiger partial charge on any atom is -0.380 e. The number of ether oxygens (including phenoxy) is 1. The number of methoxy groups -OCH3 is 1. The van der Waals surface area contributed by atoms with E-state index in [2.05, 4.69) is 16.4 Å². The van der Waals surface area contributed by atoms with Gasteiger partial charge in [-0.25, -0.2) is 0 Å². The first-order chi connectivity index (χ1) is 9.43. The number of carbonyl (C=O) groups excluding carboxylic acids is 1. The van der Waals surface area contributed by atoms with E-state index in [4.69, 9.17) is 4.74 Å². The van der Waals surface area contributed by atoms with Gasteiger partial charge in [-0.15, -0.1) is 0 Å². The van der Waals surface area contributed by atoms with Crippen LogP contribution in [0.2, 0.25) is 0 Å². The molecule has 1 saturated heterocycles. The van der Waals surface area contributed by atoms with Gasteiger partial charge >= 0.3 is 0 Å². The molecule has 2 atom stereocenters. The van der Waals surface area contributed by atoms with Crippen LogP contribution < -0.4 is 0 Å². The summed E-state index contributed by atoms with van der Waals surface area (Å²) in [6.45, 7) is 8.60. The summed E-state index contributed by atoms with van der Waals surface area (Å²) in [5, 5.41) is 0. The first-order valence-electron chi connectivity index (χ1n) is 7.35. The highest BCUT2D eigenvalue weighted by molar-refractivity contribution is 5.99. The number of hydrogen-bond donors (Lipinski definition) is 0. The van der Waals surface area contributed by atoms with Crippen molar-refractivity contribution in [3.63, 3.8) is 0 Å². The lowest BCUT2D eigenvalue weighted by molar-refractivity contribution is -0.00325. The smallest absolute Gasteiger partial charge is 0.178 e. The van der Waals surface area contributed by atoms with Gasteiger partial charge in [0.2, 0.25) is 0 Å². The zero-order valence-corrected chi connectivity index (χ0v) is 13.3. The van der Waals surface area contributed by atoms with E-state index in [0.29, 0.717) is 12.5 Å². The summed E-state index contributed by atoms with van der Waals surface area (Å²) in [6.07, 6.45) is 1.34. The topological polar surface area (TPSA) is 34.5 Å². The summed E-state index contributed by atoms with van der Waals surface area (Å²) >= 11 is 0. The quantitative estimate of drug-likeness (QED) is 0.792. The molecular weight excluding hydrogens is 252 g/mol. The average Bonchev–Trinajstić information content (AvgIpc) is 2.68. The number of likely N-dealkylation sites (tertiary alicyclic amines) is 1. The summed E-state index contributed by atoms with van der Waals surface area (Å²) in [5.41, 5.74) is 3.05. The number of nitrogens with zero attached hydrogens (tertiary/aromatic N) is 2. The minimum absolute atomic E-state index is 0.218. The van der Waals surface area contributed by atoms with Crippen LogP contribution in [-0.4, -0.2) is 48.1 Å². The molecule has 0 bridgehead atoms. The van der Waals surface area contributed by atoms with Gasteiger partial charge in [-0.05, 0) is 38.8 Å². The highest BCUT2D eigenvalue weighted by Crippen LogP contribution is 2.20. The number of piperidine rings is 1. The van der Waals surface area contributed by atoms with Crippen molar-refractivity contribution in [1.29, 1.82) is 0 Å². The van der Waals surface area contributed by atoms with Crippen molar-refractivity contribution in [2.24, 2.45) is 13.0 Å². The van der Waals surface area contributed by atoms with Gasteiger partial charge in [0.15, 0.2) is 5.78 Å². The third-order valence-corrected chi connectivity index (χ3v) is 4.72. The van der Waals surface area contributed by atoms with Crippen molar-refractivity contribution in [2.75, 3.05) is 26.7 Å². The molecule has 1 aromatic rings. The van der Waals surface area contributed by atoms with Gasteiger partial charge in [0.25, 0.3) is 0 Å². The normalized spacial score (nSPS) is 24.1. The largest absolute Gasteiger partial charge is 0.380 e. The minimum atomic E-state index is 0.218. The Morgan fingerprint density at radius 3 is 2.70 bits per heavy atom. The maximum Gasteiger partial charge on any atom is 0.178 e. The molecule has 1 aromatic heterocycles. The lowest BCUT2D eigenvalue weighted by Crippen LogP contribution is -2.45. The van der Waals surface area contributed by atoms with E-state index in [1.54, 1.807) is 7.11 Å². The summed E-state index contributed by atoms with van der Waals surface area (Å²) in [4.78, 5) is 14.7. The second-order valence-electron chi connectivity index (χ2n) is 6.04. The van der Waals surface area contributed by atoms with E-state index in [1.807, 2.05) is 27.0 Å². The Morgan fingerprint density at radius 2 is 2.15 bits per heavy atom. The second-order valence-corrected chi connectivity index (χ2v) is 6.04. The van der Waals surface area contributed by atoms with Crippen molar-refractivity contribution >= 4 is 5.78 Å². The number of ketones is 1. The zero-order chi connectivity index (χ0) is 14.9. The molecule has 112 valence electrons. The van der Waals surface area contributed by atoms with E-state index in [1.165, 1.54) is 0 Å². The molecule has 20 heavy (non-hydrogen) atoms. The molecule has 1 aliphatic heterocycles. The molecule has 4 heteroatoms. The fourth-order valence-electron chi connectivity index (χ4n) is 2.97. The Hall–Kier alpha value is -1.13. The molecule has 4 nitrogen and oxygen atoms in total. The highest BCUT2D eigenvalue weighted by Gasteiger charge is 2.27. The molecule has 0 aliphatic carbocycles. The van der Waals surface area contributed by atoms with Gasteiger partial charge in [-0.1, -0.05) is 6.92 Å². The number of carbonyl (C=O) groups is 1. The first-order valence-corrected chi connectivity index (χ1v) is 7.35. The SMILES string of the molecule is COC1CN(CC(=O)c2cc(C)n(C)c2C)CCC1C. The van der Waals surface area contributed by atoms with E-state index >= 15 is 0 Å². The van der Waals surface area contributed by atoms with Crippen molar-refractivity contribution in [3.8, 4) is 0 Å². The Bertz CT molecular complexity index is 493. The number of rotatable bonds is 4. The van der Waals surface area contributed by atoms with Crippen molar-refractivity contribution < 1.29 is 9.53 Å². The lowest BCUT2D eigenvalue weighted by atomic mass is 9.95. The fourth-order valence-corrected chi connectivity index (χ4v) is 2.97.